The average Bonchev–Trinajstić information content (AvgIpc) is 3.96. The first-order chi connectivity index (χ1) is 29.8. The average molecular weight is 781 g/mol. The summed E-state index contributed by atoms with van der Waals surface area (Å²) in [7, 11) is 0. The predicted octanol–water partition coefficient (Wildman–Crippen LogP) is 13.8. The standard InChI is InChI=1S/C55H32N4S/c1-2-15-34(16-3-1)52-57-53(35-31-29-33(30-32-35)36-22-14-23-40-39-19-8-13-28-47(39)60-51(36)40)59-54(58-52)50-48-41-20-6-11-26-45(41)55(49(48)42-21-7-12-27-46(42)56-50)43-24-9-4-17-37(43)38-18-5-10-25-44(38)55/h1-32H. The fourth-order valence-electron chi connectivity index (χ4n) is 10.1. The quantitative estimate of drug-likeness (QED) is 0.178. The lowest BCUT2D eigenvalue weighted by atomic mass is 9.69. The first kappa shape index (κ1) is 33.4. The lowest BCUT2D eigenvalue weighted by molar-refractivity contribution is 0.800. The fourth-order valence-corrected chi connectivity index (χ4v) is 11.3. The zero-order valence-electron chi connectivity index (χ0n) is 32.2. The van der Waals surface area contributed by atoms with Crippen LogP contribution in [0.3, 0.4) is 0 Å². The largest absolute Gasteiger partial charge is 0.244 e. The van der Waals surface area contributed by atoms with Gasteiger partial charge < -0.3 is 0 Å². The van der Waals surface area contributed by atoms with Gasteiger partial charge in [0.05, 0.1) is 10.9 Å². The maximum absolute atomic E-state index is 5.50. The van der Waals surface area contributed by atoms with E-state index < -0.39 is 5.41 Å². The smallest absolute Gasteiger partial charge is 0.183 e. The van der Waals surface area contributed by atoms with Crippen molar-refractivity contribution in [2.45, 2.75) is 5.41 Å². The van der Waals surface area contributed by atoms with Crippen LogP contribution in [0, 0.1) is 0 Å². The van der Waals surface area contributed by atoms with Gasteiger partial charge in [0.25, 0.3) is 0 Å². The minimum Gasteiger partial charge on any atom is -0.244 e. The van der Waals surface area contributed by atoms with E-state index in [9.17, 15) is 0 Å². The summed E-state index contributed by atoms with van der Waals surface area (Å²) >= 11 is 1.85. The molecule has 4 nitrogen and oxygen atoms in total. The Morgan fingerprint density at radius 1 is 0.350 bits per heavy atom. The SMILES string of the molecule is c1ccc(-c2nc(-c3ccc(-c4cccc5c4sc4ccccc45)cc3)nc(-c3nc4ccccc4c4c3-c3ccccc3C43c4ccccc4-c4ccccc43)n2)cc1. The Morgan fingerprint density at radius 3 is 1.60 bits per heavy atom. The highest BCUT2D eigenvalue weighted by Crippen LogP contribution is 2.65. The molecule has 2 aliphatic carbocycles. The number of pyridine rings is 1. The molecule has 13 rings (SSSR count). The molecule has 2 aliphatic rings. The maximum Gasteiger partial charge on any atom is 0.183 e. The third kappa shape index (κ3) is 4.61. The Hall–Kier alpha value is -7.60. The molecule has 0 unspecified atom stereocenters. The number of nitrogens with zero attached hydrogens (tertiary/aromatic N) is 4. The van der Waals surface area contributed by atoms with Crippen LogP contribution in [0.1, 0.15) is 22.3 Å². The number of benzene rings is 8. The summed E-state index contributed by atoms with van der Waals surface area (Å²) in [5.74, 6) is 1.76. The number of para-hydroxylation sites is 1. The van der Waals surface area contributed by atoms with Gasteiger partial charge in [0.1, 0.15) is 5.69 Å². The summed E-state index contributed by atoms with van der Waals surface area (Å²) in [5, 5.41) is 3.71. The molecule has 3 aromatic heterocycles. The molecular weight excluding hydrogens is 749 g/mol. The van der Waals surface area contributed by atoms with Gasteiger partial charge in [-0.1, -0.05) is 182 Å². The van der Waals surface area contributed by atoms with Gasteiger partial charge in [0.2, 0.25) is 0 Å². The van der Waals surface area contributed by atoms with Gasteiger partial charge in [0, 0.05) is 42.2 Å². The van der Waals surface area contributed by atoms with Gasteiger partial charge in [-0.15, -0.1) is 11.3 Å². The van der Waals surface area contributed by atoms with E-state index in [2.05, 4.69) is 176 Å². The molecule has 8 aromatic carbocycles. The Kier molecular flexibility index (Phi) is 7.06. The maximum atomic E-state index is 5.50. The monoisotopic (exact) mass is 780 g/mol. The molecule has 11 aromatic rings. The van der Waals surface area contributed by atoms with Crippen molar-refractivity contribution in [3.8, 4) is 67.7 Å². The van der Waals surface area contributed by atoms with Crippen LogP contribution in [0.2, 0.25) is 0 Å². The van der Waals surface area contributed by atoms with Gasteiger partial charge >= 0.3 is 0 Å². The molecule has 0 aliphatic heterocycles. The van der Waals surface area contributed by atoms with Gasteiger partial charge in [-0.3, -0.25) is 0 Å². The first-order valence-corrected chi connectivity index (χ1v) is 21.1. The van der Waals surface area contributed by atoms with E-state index in [4.69, 9.17) is 19.9 Å². The van der Waals surface area contributed by atoms with Crippen LogP contribution in [-0.2, 0) is 5.41 Å². The lowest BCUT2D eigenvalue weighted by Gasteiger charge is -2.31. The lowest BCUT2D eigenvalue weighted by Crippen LogP contribution is -2.26. The van der Waals surface area contributed by atoms with E-state index in [1.165, 1.54) is 59.1 Å². The van der Waals surface area contributed by atoms with Crippen molar-refractivity contribution >= 4 is 42.4 Å². The molecule has 60 heavy (non-hydrogen) atoms. The molecule has 0 N–H and O–H groups in total. The second-order valence-electron chi connectivity index (χ2n) is 15.6. The molecule has 0 amide bonds. The number of rotatable bonds is 4. The van der Waals surface area contributed by atoms with E-state index in [0.717, 1.165) is 44.4 Å². The molecule has 0 saturated carbocycles. The molecule has 278 valence electrons. The molecule has 0 atom stereocenters. The van der Waals surface area contributed by atoms with E-state index in [-0.39, 0.29) is 0 Å². The molecule has 0 saturated heterocycles. The van der Waals surface area contributed by atoms with Crippen molar-refractivity contribution in [1.29, 1.82) is 0 Å². The summed E-state index contributed by atoms with van der Waals surface area (Å²) in [6, 6.07) is 69.4. The first-order valence-electron chi connectivity index (χ1n) is 20.3. The van der Waals surface area contributed by atoms with Gasteiger partial charge in [-0.05, 0) is 62.2 Å². The van der Waals surface area contributed by atoms with Crippen LogP contribution in [-0.4, -0.2) is 19.9 Å². The number of hydrogen-bond acceptors (Lipinski definition) is 5. The Bertz CT molecular complexity index is 3510. The third-order valence-corrected chi connectivity index (χ3v) is 13.8. The summed E-state index contributed by atoms with van der Waals surface area (Å²) < 4.78 is 2.59. The van der Waals surface area contributed by atoms with Crippen LogP contribution in [0.4, 0.5) is 0 Å². The highest BCUT2D eigenvalue weighted by molar-refractivity contribution is 7.26. The van der Waals surface area contributed by atoms with Gasteiger partial charge in [-0.2, -0.15) is 0 Å². The molecule has 0 bridgehead atoms. The fraction of sp³-hybridized carbons (Fsp3) is 0.0182. The highest BCUT2D eigenvalue weighted by atomic mass is 32.1. The van der Waals surface area contributed by atoms with Crippen molar-refractivity contribution in [2.75, 3.05) is 0 Å². The Morgan fingerprint density at radius 2 is 0.867 bits per heavy atom. The molecule has 5 heteroatoms. The zero-order chi connectivity index (χ0) is 39.4. The van der Waals surface area contributed by atoms with Crippen LogP contribution >= 0.6 is 11.3 Å². The molecule has 0 fully saturated rings. The molecule has 1 spiro atoms. The highest BCUT2D eigenvalue weighted by Gasteiger charge is 2.53. The number of thiophene rings is 1. The second-order valence-corrected chi connectivity index (χ2v) is 16.7. The number of hydrogen-bond donors (Lipinski definition) is 0. The third-order valence-electron chi connectivity index (χ3n) is 12.6. The van der Waals surface area contributed by atoms with Crippen LogP contribution in [0.25, 0.3) is 98.7 Å². The van der Waals surface area contributed by atoms with Crippen LogP contribution < -0.4 is 0 Å². The number of fused-ring (bicyclic) bond motifs is 15. The van der Waals surface area contributed by atoms with Crippen molar-refractivity contribution in [3.05, 3.63) is 216 Å². The van der Waals surface area contributed by atoms with Crippen molar-refractivity contribution in [1.82, 2.24) is 19.9 Å². The summed E-state index contributed by atoms with van der Waals surface area (Å²) in [6.07, 6.45) is 0. The number of aromatic nitrogens is 4. The van der Waals surface area contributed by atoms with Crippen LogP contribution in [0.15, 0.2) is 194 Å². The zero-order valence-corrected chi connectivity index (χ0v) is 33.0. The van der Waals surface area contributed by atoms with Crippen molar-refractivity contribution in [2.24, 2.45) is 0 Å². The molecule has 3 heterocycles. The predicted molar refractivity (Wildman–Crippen MR) is 246 cm³/mol. The minimum absolute atomic E-state index is 0.548. The minimum atomic E-state index is -0.554. The van der Waals surface area contributed by atoms with E-state index in [1.807, 2.05) is 29.5 Å². The summed E-state index contributed by atoms with van der Waals surface area (Å²) in [5.41, 5.74) is 15.1. The molecule has 0 radical (unpaired) electrons. The van der Waals surface area contributed by atoms with Gasteiger partial charge in [-0.25, -0.2) is 19.9 Å². The normalized spacial score (nSPS) is 13.1. The topological polar surface area (TPSA) is 51.6 Å². The van der Waals surface area contributed by atoms with Gasteiger partial charge in [0.15, 0.2) is 17.5 Å². The summed E-state index contributed by atoms with van der Waals surface area (Å²) in [6.45, 7) is 0. The van der Waals surface area contributed by atoms with Crippen molar-refractivity contribution in [3.63, 3.8) is 0 Å². The van der Waals surface area contributed by atoms with Crippen molar-refractivity contribution < 1.29 is 0 Å². The van der Waals surface area contributed by atoms with Crippen LogP contribution in [0.5, 0.6) is 0 Å². The molecular formula is C55H32N4S. The second kappa shape index (κ2) is 12.7. The Balaban J connectivity index is 1.06. The summed E-state index contributed by atoms with van der Waals surface area (Å²) in [4.78, 5) is 21.3. The Labute approximate surface area is 350 Å². The van der Waals surface area contributed by atoms with E-state index >= 15 is 0 Å². The van der Waals surface area contributed by atoms with E-state index in [0.29, 0.717) is 17.5 Å². The van der Waals surface area contributed by atoms with E-state index in [1.54, 1.807) is 0 Å².